The Morgan fingerprint density at radius 3 is 3.05 bits per heavy atom. The molecule has 1 aliphatic heterocycles. The lowest BCUT2D eigenvalue weighted by atomic mass is 9.84. The van der Waals surface area contributed by atoms with E-state index in [1.807, 2.05) is 18.2 Å². The Bertz CT molecular complexity index is 602. The highest BCUT2D eigenvalue weighted by atomic mass is 16.5. The van der Waals surface area contributed by atoms with Crippen molar-refractivity contribution in [1.82, 2.24) is 20.4 Å². The molecule has 2 atom stereocenters. The molecule has 7 nitrogen and oxygen atoms in total. The maximum Gasteiger partial charge on any atom is 0.268 e. The molecule has 0 aliphatic carbocycles. The van der Waals surface area contributed by atoms with Gasteiger partial charge in [-0.05, 0) is 12.1 Å². The second-order valence-electron chi connectivity index (χ2n) is 4.75. The number of hydrogen-bond acceptors (Lipinski definition) is 7. The average Bonchev–Trinajstić information content (AvgIpc) is 3.09. The van der Waals surface area contributed by atoms with Gasteiger partial charge in [-0.25, -0.2) is 0 Å². The molecule has 2 aromatic rings. The van der Waals surface area contributed by atoms with Crippen molar-refractivity contribution in [2.45, 2.75) is 25.0 Å². The van der Waals surface area contributed by atoms with Gasteiger partial charge in [-0.15, -0.1) is 0 Å². The summed E-state index contributed by atoms with van der Waals surface area (Å²) in [5.74, 6) is 0.0480. The fourth-order valence-electron chi connectivity index (χ4n) is 2.65. The molecule has 2 unspecified atom stereocenters. The molecule has 0 amide bonds. The highest BCUT2D eigenvalue weighted by molar-refractivity contribution is 5.88. The van der Waals surface area contributed by atoms with Gasteiger partial charge in [-0.3, -0.25) is 9.78 Å². The van der Waals surface area contributed by atoms with Gasteiger partial charge in [-0.2, -0.15) is 4.98 Å². The molecule has 3 heterocycles. The van der Waals surface area contributed by atoms with E-state index in [-0.39, 0.29) is 11.7 Å². The Morgan fingerprint density at radius 2 is 2.38 bits per heavy atom. The zero-order valence-corrected chi connectivity index (χ0v) is 11.7. The number of rotatable bonds is 4. The molecule has 21 heavy (non-hydrogen) atoms. The summed E-state index contributed by atoms with van der Waals surface area (Å²) in [6.45, 7) is 2.79. The molecule has 0 saturated carbocycles. The summed E-state index contributed by atoms with van der Waals surface area (Å²) in [4.78, 5) is 21.1. The molecule has 1 saturated heterocycles. The van der Waals surface area contributed by atoms with Crippen LogP contribution in [0, 0.1) is 0 Å². The van der Waals surface area contributed by atoms with Gasteiger partial charge in [0.1, 0.15) is 0 Å². The standard InChI is InChI=1S/C14H16N4O3/c1-2-11(19)14(13-17-9-18-21-13)12(16-7-8-20-14)10-5-3-4-6-15-10/h3-6,9,12,16H,2,7-8H2,1H3. The zero-order chi connectivity index (χ0) is 14.7. The first-order chi connectivity index (χ1) is 10.3. The largest absolute Gasteiger partial charge is 0.355 e. The summed E-state index contributed by atoms with van der Waals surface area (Å²) in [5.41, 5.74) is -0.616. The summed E-state index contributed by atoms with van der Waals surface area (Å²) in [6.07, 6.45) is 3.25. The first-order valence-electron chi connectivity index (χ1n) is 6.87. The third-order valence-corrected chi connectivity index (χ3v) is 3.58. The first-order valence-corrected chi connectivity index (χ1v) is 6.87. The van der Waals surface area contributed by atoms with Crippen LogP contribution in [0.3, 0.4) is 0 Å². The van der Waals surface area contributed by atoms with Crippen molar-refractivity contribution in [1.29, 1.82) is 0 Å². The fraction of sp³-hybridized carbons (Fsp3) is 0.429. The van der Waals surface area contributed by atoms with Crippen LogP contribution in [0.25, 0.3) is 0 Å². The van der Waals surface area contributed by atoms with Crippen LogP contribution in [0.15, 0.2) is 35.2 Å². The van der Waals surface area contributed by atoms with Crippen molar-refractivity contribution >= 4 is 5.78 Å². The summed E-state index contributed by atoms with van der Waals surface area (Å²) in [7, 11) is 0. The zero-order valence-electron chi connectivity index (χ0n) is 11.7. The minimum absolute atomic E-state index is 0.116. The lowest BCUT2D eigenvalue weighted by Crippen LogP contribution is -2.55. The number of morpholine rings is 1. The molecular formula is C14H16N4O3. The number of carbonyl (C=O) groups excluding carboxylic acids is 1. The van der Waals surface area contributed by atoms with Gasteiger partial charge in [0, 0.05) is 19.2 Å². The number of Topliss-reactive ketones (excluding diaryl/α,β-unsaturated/α-hetero) is 1. The van der Waals surface area contributed by atoms with Crippen LogP contribution >= 0.6 is 0 Å². The average molecular weight is 288 g/mol. The van der Waals surface area contributed by atoms with Crippen molar-refractivity contribution in [2.24, 2.45) is 0 Å². The summed E-state index contributed by atoms with van der Waals surface area (Å²) in [5, 5.41) is 6.91. The number of nitrogens with one attached hydrogen (secondary N) is 1. The van der Waals surface area contributed by atoms with Crippen LogP contribution in [-0.2, 0) is 15.1 Å². The van der Waals surface area contributed by atoms with E-state index in [1.165, 1.54) is 6.33 Å². The van der Waals surface area contributed by atoms with Crippen molar-refractivity contribution in [2.75, 3.05) is 13.2 Å². The van der Waals surface area contributed by atoms with E-state index in [0.717, 1.165) is 0 Å². The lowest BCUT2D eigenvalue weighted by Gasteiger charge is -2.40. The number of hydrogen-bond donors (Lipinski definition) is 1. The Kier molecular flexibility index (Phi) is 3.76. The third-order valence-electron chi connectivity index (χ3n) is 3.58. The predicted octanol–water partition coefficient (Wildman–Crippen LogP) is 1.00. The van der Waals surface area contributed by atoms with E-state index in [9.17, 15) is 4.79 Å². The molecule has 2 aromatic heterocycles. The minimum atomic E-state index is -1.32. The Hall–Kier alpha value is -2.12. The molecule has 0 aromatic carbocycles. The van der Waals surface area contributed by atoms with Gasteiger partial charge in [0.25, 0.3) is 5.89 Å². The lowest BCUT2D eigenvalue weighted by molar-refractivity contribution is -0.164. The monoisotopic (exact) mass is 288 g/mol. The molecule has 0 radical (unpaired) electrons. The van der Waals surface area contributed by atoms with Crippen LogP contribution in [0.4, 0.5) is 0 Å². The molecule has 3 rings (SSSR count). The maximum absolute atomic E-state index is 12.7. The van der Waals surface area contributed by atoms with Crippen molar-refractivity contribution < 1.29 is 14.1 Å². The van der Waals surface area contributed by atoms with E-state index in [4.69, 9.17) is 9.26 Å². The van der Waals surface area contributed by atoms with Gasteiger partial charge >= 0.3 is 0 Å². The minimum Gasteiger partial charge on any atom is -0.355 e. The smallest absolute Gasteiger partial charge is 0.268 e. The number of ether oxygens (including phenoxy) is 1. The van der Waals surface area contributed by atoms with E-state index in [1.54, 1.807) is 13.1 Å². The number of aromatic nitrogens is 3. The Labute approximate surface area is 121 Å². The van der Waals surface area contributed by atoms with E-state index >= 15 is 0 Å². The number of ketones is 1. The summed E-state index contributed by atoms with van der Waals surface area (Å²) in [6, 6.07) is 5.08. The molecular weight excluding hydrogens is 272 g/mol. The fourth-order valence-corrected chi connectivity index (χ4v) is 2.65. The number of pyridine rings is 1. The third kappa shape index (κ3) is 2.24. The predicted molar refractivity (Wildman–Crippen MR) is 72.2 cm³/mol. The van der Waals surface area contributed by atoms with Gasteiger partial charge in [0.15, 0.2) is 12.1 Å². The Balaban J connectivity index is 2.13. The van der Waals surface area contributed by atoms with Gasteiger partial charge in [0.2, 0.25) is 5.60 Å². The van der Waals surface area contributed by atoms with Crippen LogP contribution < -0.4 is 5.32 Å². The van der Waals surface area contributed by atoms with Crippen molar-refractivity contribution in [3.05, 3.63) is 42.3 Å². The van der Waals surface area contributed by atoms with Crippen LogP contribution in [0.5, 0.6) is 0 Å². The van der Waals surface area contributed by atoms with Gasteiger partial charge in [0.05, 0.1) is 18.3 Å². The molecule has 1 fully saturated rings. The van der Waals surface area contributed by atoms with Gasteiger partial charge in [-0.1, -0.05) is 18.1 Å². The van der Waals surface area contributed by atoms with Crippen LogP contribution in [0.1, 0.15) is 31.0 Å². The highest BCUT2D eigenvalue weighted by Gasteiger charge is 2.54. The van der Waals surface area contributed by atoms with Crippen molar-refractivity contribution in [3.63, 3.8) is 0 Å². The molecule has 0 bridgehead atoms. The number of carbonyl (C=O) groups is 1. The van der Waals surface area contributed by atoms with E-state index in [0.29, 0.717) is 25.3 Å². The maximum atomic E-state index is 12.7. The molecule has 1 N–H and O–H groups in total. The van der Waals surface area contributed by atoms with E-state index in [2.05, 4.69) is 20.4 Å². The molecule has 110 valence electrons. The quantitative estimate of drug-likeness (QED) is 0.897. The van der Waals surface area contributed by atoms with Gasteiger partial charge < -0.3 is 14.6 Å². The normalized spacial score (nSPS) is 25.7. The molecule has 7 heteroatoms. The summed E-state index contributed by atoms with van der Waals surface area (Å²) < 4.78 is 11.1. The Morgan fingerprint density at radius 1 is 1.48 bits per heavy atom. The van der Waals surface area contributed by atoms with Crippen LogP contribution in [0.2, 0.25) is 0 Å². The van der Waals surface area contributed by atoms with Crippen LogP contribution in [-0.4, -0.2) is 34.1 Å². The summed E-state index contributed by atoms with van der Waals surface area (Å²) >= 11 is 0. The first kappa shape index (κ1) is 13.8. The molecule has 0 spiro atoms. The topological polar surface area (TPSA) is 90.1 Å². The van der Waals surface area contributed by atoms with Crippen molar-refractivity contribution in [3.8, 4) is 0 Å². The highest BCUT2D eigenvalue weighted by Crippen LogP contribution is 2.40. The van der Waals surface area contributed by atoms with E-state index < -0.39 is 11.6 Å². The second kappa shape index (κ2) is 5.71. The molecule has 1 aliphatic rings. The number of nitrogens with zero attached hydrogens (tertiary/aromatic N) is 3. The second-order valence-corrected chi connectivity index (χ2v) is 4.75. The SMILES string of the molecule is CCC(=O)C1(c2ncno2)OCCNC1c1ccccn1.